The van der Waals surface area contributed by atoms with Gasteiger partial charge in [0.2, 0.25) is 0 Å². The lowest BCUT2D eigenvalue weighted by Crippen LogP contribution is -2.38. The van der Waals surface area contributed by atoms with Crippen LogP contribution in [0.3, 0.4) is 0 Å². The molecule has 0 spiro atoms. The van der Waals surface area contributed by atoms with E-state index in [1.54, 1.807) is 11.8 Å². The van der Waals surface area contributed by atoms with Gasteiger partial charge in [-0.3, -0.25) is 9.39 Å². The number of benzene rings is 1. The molecule has 0 unspecified atom stereocenters. The maximum Gasteiger partial charge on any atom is 0.193 e. The third kappa shape index (κ3) is 5.01. The van der Waals surface area contributed by atoms with E-state index >= 15 is 0 Å². The van der Waals surface area contributed by atoms with Gasteiger partial charge in [-0.2, -0.15) is 0 Å². The summed E-state index contributed by atoms with van der Waals surface area (Å²) in [5.74, 6) is 1.83. The molecule has 3 rings (SSSR count). The van der Waals surface area contributed by atoms with Crippen molar-refractivity contribution in [3.8, 4) is 0 Å². The number of hydrogen-bond donors (Lipinski definition) is 1. The zero-order chi connectivity index (χ0) is 19.1. The zero-order valence-electron chi connectivity index (χ0n) is 16.1. The van der Waals surface area contributed by atoms with Gasteiger partial charge in [0.1, 0.15) is 5.82 Å². The van der Waals surface area contributed by atoms with Gasteiger partial charge >= 0.3 is 0 Å². The predicted molar refractivity (Wildman–Crippen MR) is 112 cm³/mol. The summed E-state index contributed by atoms with van der Waals surface area (Å²) in [6.45, 7) is 4.40. The van der Waals surface area contributed by atoms with E-state index in [-0.39, 0.29) is 0 Å². The average molecular weight is 383 g/mol. The normalized spacial score (nSPS) is 11.7. The fourth-order valence-corrected chi connectivity index (χ4v) is 3.28. The minimum absolute atomic E-state index is 0.660. The van der Waals surface area contributed by atoms with Crippen LogP contribution in [0.5, 0.6) is 0 Å². The molecule has 1 aromatic carbocycles. The Labute approximate surface area is 164 Å². The van der Waals surface area contributed by atoms with E-state index in [4.69, 9.17) is 4.99 Å². The number of fused-ring (bicyclic) bond motifs is 1. The van der Waals surface area contributed by atoms with Crippen molar-refractivity contribution in [3.63, 3.8) is 0 Å². The van der Waals surface area contributed by atoms with Gasteiger partial charge in [0.15, 0.2) is 11.6 Å². The molecule has 0 bridgehead atoms. The summed E-state index contributed by atoms with van der Waals surface area (Å²) in [6, 6.07) is 14.6. The monoisotopic (exact) mass is 382 g/mol. The summed E-state index contributed by atoms with van der Waals surface area (Å²) in [5.41, 5.74) is 2.14. The van der Waals surface area contributed by atoms with Gasteiger partial charge < -0.3 is 10.2 Å². The van der Waals surface area contributed by atoms with E-state index < -0.39 is 0 Å². The van der Waals surface area contributed by atoms with Crippen molar-refractivity contribution in [1.29, 1.82) is 0 Å². The maximum absolute atomic E-state index is 4.77. The van der Waals surface area contributed by atoms with E-state index in [1.165, 1.54) is 10.5 Å². The molecule has 0 saturated heterocycles. The van der Waals surface area contributed by atoms with Gasteiger partial charge in [0.05, 0.1) is 0 Å². The molecular weight excluding hydrogens is 356 g/mol. The molecule has 2 heterocycles. The number of aromatic nitrogens is 3. The highest BCUT2D eigenvalue weighted by molar-refractivity contribution is 7.98. The van der Waals surface area contributed by atoms with Gasteiger partial charge in [-0.25, -0.2) is 0 Å². The second kappa shape index (κ2) is 9.41. The Bertz CT molecular complexity index is 887. The largest absolute Gasteiger partial charge is 0.357 e. The van der Waals surface area contributed by atoms with Crippen LogP contribution < -0.4 is 5.32 Å². The molecule has 27 heavy (non-hydrogen) atoms. The smallest absolute Gasteiger partial charge is 0.193 e. The van der Waals surface area contributed by atoms with Crippen LogP contribution in [-0.2, 0) is 13.0 Å². The lowest BCUT2D eigenvalue weighted by Gasteiger charge is -2.22. The van der Waals surface area contributed by atoms with Crippen LogP contribution >= 0.6 is 11.8 Å². The van der Waals surface area contributed by atoms with Crippen LogP contribution in [-0.4, -0.2) is 51.9 Å². The number of rotatable bonds is 7. The summed E-state index contributed by atoms with van der Waals surface area (Å²) in [4.78, 5) is 8.20. The first-order valence-electron chi connectivity index (χ1n) is 9.12. The standard InChI is InChI=1S/C20H26N6S/c1-4-21-20(25(2)15-16-8-10-17(27-3)11-9-16)22-13-12-19-24-23-18-7-5-6-14-26(18)19/h5-11,14H,4,12-13,15H2,1-3H3,(H,21,22). The summed E-state index contributed by atoms with van der Waals surface area (Å²) < 4.78 is 2.01. The fourth-order valence-electron chi connectivity index (χ4n) is 2.87. The quantitative estimate of drug-likeness (QED) is 0.387. The third-order valence-electron chi connectivity index (χ3n) is 4.26. The number of pyridine rings is 1. The molecule has 0 aliphatic rings. The van der Waals surface area contributed by atoms with E-state index in [0.29, 0.717) is 6.54 Å². The van der Waals surface area contributed by atoms with E-state index in [1.807, 2.05) is 28.8 Å². The van der Waals surface area contributed by atoms with Gasteiger partial charge in [-0.15, -0.1) is 22.0 Å². The Morgan fingerprint density at radius 2 is 2.00 bits per heavy atom. The lowest BCUT2D eigenvalue weighted by molar-refractivity contribution is 0.476. The number of guanidine groups is 1. The van der Waals surface area contributed by atoms with Gasteiger partial charge in [0, 0.05) is 44.2 Å². The highest BCUT2D eigenvalue weighted by atomic mass is 32.2. The molecule has 0 saturated carbocycles. The predicted octanol–water partition coefficient (Wildman–Crippen LogP) is 3.09. The molecule has 7 heteroatoms. The van der Waals surface area contributed by atoms with Gasteiger partial charge in [-0.1, -0.05) is 18.2 Å². The second-order valence-electron chi connectivity index (χ2n) is 6.23. The minimum atomic E-state index is 0.660. The molecule has 1 N–H and O–H groups in total. The van der Waals surface area contributed by atoms with Crippen LogP contribution in [0.2, 0.25) is 0 Å². The Morgan fingerprint density at radius 3 is 2.74 bits per heavy atom. The molecule has 0 aliphatic carbocycles. The average Bonchev–Trinajstić information content (AvgIpc) is 3.11. The summed E-state index contributed by atoms with van der Waals surface area (Å²) in [6.07, 6.45) is 4.83. The summed E-state index contributed by atoms with van der Waals surface area (Å²) >= 11 is 1.76. The Hall–Kier alpha value is -2.54. The van der Waals surface area contributed by atoms with Crippen molar-refractivity contribution >= 4 is 23.4 Å². The van der Waals surface area contributed by atoms with Crippen molar-refractivity contribution in [2.45, 2.75) is 24.8 Å². The van der Waals surface area contributed by atoms with Crippen molar-refractivity contribution < 1.29 is 0 Å². The molecule has 2 aromatic heterocycles. The number of hydrogen-bond acceptors (Lipinski definition) is 4. The molecule has 6 nitrogen and oxygen atoms in total. The number of aliphatic imine (C=N–C) groups is 1. The van der Waals surface area contributed by atoms with E-state index in [2.05, 4.69) is 64.9 Å². The van der Waals surface area contributed by atoms with Gasteiger partial charge in [-0.05, 0) is 43.0 Å². The first-order chi connectivity index (χ1) is 13.2. The maximum atomic E-state index is 4.77. The SMILES string of the molecule is CCNC(=NCCc1nnc2ccccn12)N(C)Cc1ccc(SC)cc1. The first-order valence-corrected chi connectivity index (χ1v) is 10.3. The van der Waals surface area contributed by atoms with E-state index in [9.17, 15) is 0 Å². The van der Waals surface area contributed by atoms with Gasteiger partial charge in [0.25, 0.3) is 0 Å². The number of thioether (sulfide) groups is 1. The fraction of sp³-hybridized carbons (Fsp3) is 0.350. The van der Waals surface area contributed by atoms with Crippen molar-refractivity contribution in [1.82, 2.24) is 24.8 Å². The van der Waals surface area contributed by atoms with Crippen LogP contribution in [0.1, 0.15) is 18.3 Å². The van der Waals surface area contributed by atoms with E-state index in [0.717, 1.165) is 36.9 Å². The number of nitrogens with one attached hydrogen (secondary N) is 1. The summed E-state index contributed by atoms with van der Waals surface area (Å²) in [7, 11) is 2.07. The van der Waals surface area contributed by atoms with Crippen molar-refractivity contribution in [2.75, 3.05) is 26.4 Å². The number of nitrogens with zero attached hydrogens (tertiary/aromatic N) is 5. The lowest BCUT2D eigenvalue weighted by atomic mass is 10.2. The highest BCUT2D eigenvalue weighted by Gasteiger charge is 2.08. The molecule has 0 aliphatic heterocycles. The van der Waals surface area contributed by atoms with Crippen molar-refractivity contribution in [2.24, 2.45) is 4.99 Å². The molecule has 0 amide bonds. The molecule has 142 valence electrons. The first kappa shape index (κ1) is 19.2. The Balaban J connectivity index is 1.64. The summed E-state index contributed by atoms with van der Waals surface area (Å²) in [5, 5.41) is 11.8. The Morgan fingerprint density at radius 1 is 1.19 bits per heavy atom. The van der Waals surface area contributed by atoms with Crippen LogP contribution in [0.25, 0.3) is 5.65 Å². The van der Waals surface area contributed by atoms with Crippen LogP contribution in [0.15, 0.2) is 58.5 Å². The molecule has 0 fully saturated rings. The highest BCUT2D eigenvalue weighted by Crippen LogP contribution is 2.15. The van der Waals surface area contributed by atoms with Crippen LogP contribution in [0.4, 0.5) is 0 Å². The molecule has 3 aromatic rings. The molecule has 0 atom stereocenters. The zero-order valence-corrected chi connectivity index (χ0v) is 16.9. The molecule has 0 radical (unpaired) electrons. The topological polar surface area (TPSA) is 57.8 Å². The minimum Gasteiger partial charge on any atom is -0.357 e. The van der Waals surface area contributed by atoms with Crippen LogP contribution in [0, 0.1) is 0 Å². The third-order valence-corrected chi connectivity index (χ3v) is 5.00. The molecular formula is C20H26N6S. The Kier molecular flexibility index (Phi) is 6.70. The van der Waals surface area contributed by atoms with Crippen molar-refractivity contribution in [3.05, 3.63) is 60.0 Å². The second-order valence-corrected chi connectivity index (χ2v) is 7.11.